The lowest BCUT2D eigenvalue weighted by molar-refractivity contribution is 0.304. The maximum atomic E-state index is 5.31. The lowest BCUT2D eigenvalue weighted by Gasteiger charge is -2.04. The molecule has 1 rings (SSSR count). The number of aromatic nitrogens is 1. The Morgan fingerprint density at radius 3 is 3.09 bits per heavy atom. The molecule has 1 radical (unpaired) electrons. The molecule has 2 nitrogen and oxygen atoms in total. The maximum absolute atomic E-state index is 5.31. The quantitative estimate of drug-likeness (QED) is 0.658. The van der Waals surface area contributed by atoms with Gasteiger partial charge in [0.2, 0.25) is 5.88 Å². The number of pyridine rings is 1. The van der Waals surface area contributed by atoms with Gasteiger partial charge in [0.15, 0.2) is 0 Å². The van der Waals surface area contributed by atoms with Crippen LogP contribution in [0.5, 0.6) is 5.88 Å². The summed E-state index contributed by atoms with van der Waals surface area (Å²) < 4.78 is 5.31. The fraction of sp³-hybridized carbons (Fsp3) is 0.333. The average Bonchev–Trinajstić information content (AvgIpc) is 2.03. The van der Waals surface area contributed by atoms with E-state index in [2.05, 4.69) is 18.8 Å². The molecular weight excluding hydrogens is 138 g/mol. The van der Waals surface area contributed by atoms with E-state index in [4.69, 9.17) is 4.74 Å². The van der Waals surface area contributed by atoms with E-state index >= 15 is 0 Å². The molecule has 0 aromatic carbocycles. The number of nitrogens with zero attached hydrogens (tertiary/aromatic N) is 1. The summed E-state index contributed by atoms with van der Waals surface area (Å²) in [4.78, 5) is 4.03. The Kier molecular flexibility index (Phi) is 2.90. The van der Waals surface area contributed by atoms with Gasteiger partial charge in [0, 0.05) is 11.8 Å². The molecule has 0 amide bonds. The topological polar surface area (TPSA) is 22.1 Å². The molecule has 0 unspecified atom stereocenters. The maximum Gasteiger partial charge on any atom is 0.216 e. The van der Waals surface area contributed by atoms with E-state index in [0.29, 0.717) is 12.5 Å². The Hall–Kier alpha value is -1.05. The van der Waals surface area contributed by atoms with Crippen molar-refractivity contribution in [1.29, 1.82) is 0 Å². The number of rotatable bonds is 3. The summed E-state index contributed by atoms with van der Waals surface area (Å²) in [5, 5.41) is 0. The van der Waals surface area contributed by atoms with Gasteiger partial charge in [-0.15, -0.1) is 0 Å². The molecular formula is C9H12NO. The van der Waals surface area contributed by atoms with Crippen LogP contribution in [0.2, 0.25) is 0 Å². The summed E-state index contributed by atoms with van der Waals surface area (Å²) in [6, 6.07) is 3.74. The third-order valence-electron chi connectivity index (χ3n) is 1.29. The van der Waals surface area contributed by atoms with E-state index in [1.165, 1.54) is 0 Å². The van der Waals surface area contributed by atoms with Gasteiger partial charge in [0.05, 0.1) is 6.61 Å². The Morgan fingerprint density at radius 1 is 1.64 bits per heavy atom. The third kappa shape index (κ3) is 2.22. The Labute approximate surface area is 67.2 Å². The second kappa shape index (κ2) is 3.96. The molecule has 0 aliphatic carbocycles. The summed E-state index contributed by atoms with van der Waals surface area (Å²) in [7, 11) is 0. The van der Waals surface area contributed by atoms with Crippen molar-refractivity contribution in [2.24, 2.45) is 0 Å². The van der Waals surface area contributed by atoms with E-state index in [0.717, 1.165) is 12.0 Å². The van der Waals surface area contributed by atoms with Crippen LogP contribution in [0, 0.1) is 6.92 Å². The van der Waals surface area contributed by atoms with Crippen LogP contribution >= 0.6 is 0 Å². The van der Waals surface area contributed by atoms with Gasteiger partial charge in [-0.25, -0.2) is 4.98 Å². The van der Waals surface area contributed by atoms with Crippen LogP contribution in [0.25, 0.3) is 0 Å². The van der Waals surface area contributed by atoms with E-state index in [9.17, 15) is 0 Å². The number of hydrogen-bond acceptors (Lipinski definition) is 2. The molecule has 0 atom stereocenters. The molecule has 59 valence electrons. The summed E-state index contributed by atoms with van der Waals surface area (Å²) in [5.41, 5.74) is 0.848. The molecule has 1 aromatic heterocycles. The van der Waals surface area contributed by atoms with Crippen LogP contribution in [0.4, 0.5) is 0 Å². The highest BCUT2D eigenvalue weighted by molar-refractivity contribution is 5.27. The first-order valence-corrected chi connectivity index (χ1v) is 3.74. The molecule has 0 saturated carbocycles. The van der Waals surface area contributed by atoms with E-state index in [1.54, 1.807) is 6.20 Å². The van der Waals surface area contributed by atoms with Crippen LogP contribution in [0.3, 0.4) is 0 Å². The lowest BCUT2D eigenvalue weighted by Crippen LogP contribution is -1.98. The Morgan fingerprint density at radius 2 is 2.45 bits per heavy atom. The summed E-state index contributed by atoms with van der Waals surface area (Å²) >= 11 is 0. The molecule has 0 aliphatic rings. The Bertz CT molecular complexity index is 223. The zero-order valence-corrected chi connectivity index (χ0v) is 6.71. The molecule has 0 spiro atoms. The van der Waals surface area contributed by atoms with Gasteiger partial charge in [-0.1, -0.05) is 13.0 Å². The highest BCUT2D eigenvalue weighted by Gasteiger charge is 1.96. The van der Waals surface area contributed by atoms with Crippen LogP contribution in [-0.4, -0.2) is 11.6 Å². The van der Waals surface area contributed by atoms with Gasteiger partial charge in [0.1, 0.15) is 0 Å². The lowest BCUT2D eigenvalue weighted by atomic mass is 10.3. The third-order valence-corrected chi connectivity index (χ3v) is 1.29. The van der Waals surface area contributed by atoms with Crippen molar-refractivity contribution in [3.05, 3.63) is 30.8 Å². The van der Waals surface area contributed by atoms with Gasteiger partial charge in [-0.05, 0) is 19.4 Å². The zero-order chi connectivity index (χ0) is 8.10. The minimum atomic E-state index is 0.648. The summed E-state index contributed by atoms with van der Waals surface area (Å²) in [5.74, 6) is 0.648. The minimum absolute atomic E-state index is 0.648. The van der Waals surface area contributed by atoms with Crippen molar-refractivity contribution in [2.45, 2.75) is 13.3 Å². The largest absolute Gasteiger partial charge is 0.477 e. The average molecular weight is 150 g/mol. The normalized spacial score (nSPS) is 9.64. The van der Waals surface area contributed by atoms with Crippen LogP contribution in [0.1, 0.15) is 18.9 Å². The predicted molar refractivity (Wildman–Crippen MR) is 44.5 cm³/mol. The van der Waals surface area contributed by atoms with Crippen molar-refractivity contribution in [3.8, 4) is 5.88 Å². The van der Waals surface area contributed by atoms with Crippen LogP contribution < -0.4 is 4.74 Å². The van der Waals surface area contributed by atoms with E-state index in [-0.39, 0.29) is 0 Å². The summed E-state index contributed by atoms with van der Waals surface area (Å²) in [6.07, 6.45) is 2.70. The van der Waals surface area contributed by atoms with Gasteiger partial charge in [-0.2, -0.15) is 0 Å². The highest BCUT2D eigenvalue weighted by Crippen LogP contribution is 2.11. The molecule has 1 heterocycles. The van der Waals surface area contributed by atoms with Crippen molar-refractivity contribution >= 4 is 0 Å². The number of ether oxygens (including phenoxy) is 1. The monoisotopic (exact) mass is 150 g/mol. The fourth-order valence-electron chi connectivity index (χ4n) is 0.753. The molecule has 0 bridgehead atoms. The molecule has 0 aliphatic heterocycles. The Balaban J connectivity index is 2.62. The van der Waals surface area contributed by atoms with Crippen molar-refractivity contribution in [1.82, 2.24) is 4.98 Å². The molecule has 11 heavy (non-hydrogen) atoms. The molecule has 0 N–H and O–H groups in total. The van der Waals surface area contributed by atoms with Gasteiger partial charge < -0.3 is 4.74 Å². The minimum Gasteiger partial charge on any atom is -0.477 e. The SMILES string of the molecule is [CH2]c1cccnc1OCCC. The van der Waals surface area contributed by atoms with E-state index < -0.39 is 0 Å². The first kappa shape index (κ1) is 8.05. The van der Waals surface area contributed by atoms with Crippen molar-refractivity contribution in [3.63, 3.8) is 0 Å². The van der Waals surface area contributed by atoms with Gasteiger partial charge >= 0.3 is 0 Å². The first-order chi connectivity index (χ1) is 5.34. The fourth-order valence-corrected chi connectivity index (χ4v) is 0.753. The molecule has 1 aromatic rings. The predicted octanol–water partition coefficient (Wildman–Crippen LogP) is 2.05. The first-order valence-electron chi connectivity index (χ1n) is 3.74. The molecule has 0 saturated heterocycles. The highest BCUT2D eigenvalue weighted by atomic mass is 16.5. The standard InChI is InChI=1S/C9H12NO/c1-3-7-11-9-8(2)5-4-6-10-9/h4-6H,2-3,7H2,1H3. The summed E-state index contributed by atoms with van der Waals surface area (Å²) in [6.45, 7) is 6.56. The second-order valence-corrected chi connectivity index (χ2v) is 2.32. The zero-order valence-electron chi connectivity index (χ0n) is 6.71. The van der Waals surface area contributed by atoms with E-state index in [1.807, 2.05) is 12.1 Å². The smallest absolute Gasteiger partial charge is 0.216 e. The van der Waals surface area contributed by atoms with Gasteiger partial charge in [-0.3, -0.25) is 0 Å². The van der Waals surface area contributed by atoms with Gasteiger partial charge in [0.25, 0.3) is 0 Å². The second-order valence-electron chi connectivity index (χ2n) is 2.32. The van der Waals surface area contributed by atoms with Crippen LogP contribution in [0.15, 0.2) is 18.3 Å². The van der Waals surface area contributed by atoms with Crippen molar-refractivity contribution in [2.75, 3.05) is 6.61 Å². The number of hydrogen-bond donors (Lipinski definition) is 0. The molecule has 0 fully saturated rings. The van der Waals surface area contributed by atoms with Crippen LogP contribution in [-0.2, 0) is 0 Å². The molecule has 2 heteroatoms. The van der Waals surface area contributed by atoms with Crippen molar-refractivity contribution < 1.29 is 4.74 Å².